The Labute approximate surface area is 109 Å². The summed E-state index contributed by atoms with van der Waals surface area (Å²) in [5.41, 5.74) is 6.83. The molecule has 0 saturated carbocycles. The summed E-state index contributed by atoms with van der Waals surface area (Å²) in [6.45, 7) is 10.3. The first-order chi connectivity index (χ1) is 8.49. The van der Waals surface area contributed by atoms with Crippen LogP contribution in [0.2, 0.25) is 0 Å². The summed E-state index contributed by atoms with van der Waals surface area (Å²) in [4.78, 5) is 2.44. The summed E-state index contributed by atoms with van der Waals surface area (Å²) < 4.78 is 1.94. The van der Waals surface area contributed by atoms with Crippen LogP contribution in [0.5, 0.6) is 0 Å². The van der Waals surface area contributed by atoms with Gasteiger partial charge >= 0.3 is 0 Å². The number of likely N-dealkylation sites (tertiary alicyclic amines) is 1. The van der Waals surface area contributed by atoms with E-state index in [9.17, 15) is 0 Å². The van der Waals surface area contributed by atoms with E-state index in [0.717, 1.165) is 31.9 Å². The van der Waals surface area contributed by atoms with Crippen LogP contribution in [0.1, 0.15) is 39.3 Å². The maximum absolute atomic E-state index is 5.76. The molecule has 2 heterocycles. The molecule has 0 aromatic carbocycles. The minimum absolute atomic E-state index is 0.00689. The molecule has 0 bridgehead atoms. The van der Waals surface area contributed by atoms with Gasteiger partial charge in [-0.05, 0) is 52.6 Å². The van der Waals surface area contributed by atoms with E-state index in [2.05, 4.69) is 42.2 Å². The summed E-state index contributed by atoms with van der Waals surface area (Å²) in [5, 5.41) is 8.48. The summed E-state index contributed by atoms with van der Waals surface area (Å²) in [6, 6.07) is 0. The molecule has 1 aromatic rings. The minimum atomic E-state index is 0.00689. The van der Waals surface area contributed by atoms with Crippen LogP contribution >= 0.6 is 0 Å². The number of aromatic nitrogens is 3. The lowest BCUT2D eigenvalue weighted by molar-refractivity contribution is 0.169. The molecule has 2 N–H and O–H groups in total. The Morgan fingerprint density at radius 3 is 2.83 bits per heavy atom. The molecule has 5 heteroatoms. The first-order valence-electron chi connectivity index (χ1n) is 6.83. The van der Waals surface area contributed by atoms with Crippen LogP contribution in [0.25, 0.3) is 0 Å². The molecule has 18 heavy (non-hydrogen) atoms. The number of piperidine rings is 1. The molecular weight excluding hydrogens is 226 g/mol. The summed E-state index contributed by atoms with van der Waals surface area (Å²) in [7, 11) is 0. The van der Waals surface area contributed by atoms with Gasteiger partial charge in [-0.1, -0.05) is 5.21 Å². The molecule has 5 nitrogen and oxygen atoms in total. The number of hydrogen-bond donors (Lipinski definition) is 1. The molecular formula is C13H25N5. The van der Waals surface area contributed by atoms with Crippen molar-refractivity contribution in [1.29, 1.82) is 0 Å². The molecule has 1 atom stereocenters. The average molecular weight is 251 g/mol. The molecule has 1 aromatic heterocycles. The van der Waals surface area contributed by atoms with E-state index < -0.39 is 0 Å². The summed E-state index contributed by atoms with van der Waals surface area (Å²) >= 11 is 0. The monoisotopic (exact) mass is 251 g/mol. The van der Waals surface area contributed by atoms with Crippen molar-refractivity contribution in [2.45, 2.75) is 45.7 Å². The van der Waals surface area contributed by atoms with Crippen molar-refractivity contribution in [3.05, 3.63) is 11.9 Å². The molecule has 102 valence electrons. The van der Waals surface area contributed by atoms with Gasteiger partial charge in [0.05, 0.1) is 17.4 Å². The number of nitrogens with zero attached hydrogens (tertiary/aromatic N) is 4. The lowest BCUT2D eigenvalue weighted by atomic mass is 9.98. The van der Waals surface area contributed by atoms with Crippen molar-refractivity contribution in [1.82, 2.24) is 19.9 Å². The topological polar surface area (TPSA) is 60.0 Å². The zero-order chi connectivity index (χ0) is 13.2. The van der Waals surface area contributed by atoms with Gasteiger partial charge < -0.3 is 5.73 Å². The van der Waals surface area contributed by atoms with Crippen molar-refractivity contribution in [2.75, 3.05) is 19.6 Å². The second kappa shape index (κ2) is 5.36. The maximum Gasteiger partial charge on any atom is 0.0967 e. The molecule has 1 saturated heterocycles. The molecule has 0 amide bonds. The average Bonchev–Trinajstić information content (AvgIpc) is 2.77. The third-order valence-electron chi connectivity index (χ3n) is 3.55. The second-order valence-corrected chi connectivity index (χ2v) is 6.30. The Balaban J connectivity index is 1.95. The van der Waals surface area contributed by atoms with Gasteiger partial charge in [-0.2, -0.15) is 0 Å². The predicted octanol–water partition coefficient (Wildman–Crippen LogP) is 1.20. The van der Waals surface area contributed by atoms with E-state index in [1.54, 1.807) is 0 Å². The van der Waals surface area contributed by atoms with E-state index in [1.165, 1.54) is 12.8 Å². The third kappa shape index (κ3) is 3.29. The van der Waals surface area contributed by atoms with Gasteiger partial charge in [0.1, 0.15) is 0 Å². The van der Waals surface area contributed by atoms with Gasteiger partial charge in [-0.15, -0.1) is 5.10 Å². The fourth-order valence-corrected chi connectivity index (χ4v) is 2.42. The van der Waals surface area contributed by atoms with Crippen LogP contribution in [0, 0.1) is 5.92 Å². The highest BCUT2D eigenvalue weighted by atomic mass is 15.4. The van der Waals surface area contributed by atoms with Gasteiger partial charge in [0.2, 0.25) is 0 Å². The Hall–Kier alpha value is -0.940. The second-order valence-electron chi connectivity index (χ2n) is 6.30. The van der Waals surface area contributed by atoms with Crippen LogP contribution < -0.4 is 5.73 Å². The molecule has 0 aliphatic carbocycles. The van der Waals surface area contributed by atoms with Crippen LogP contribution in [0.3, 0.4) is 0 Å². The van der Waals surface area contributed by atoms with Crippen LogP contribution in [-0.2, 0) is 12.1 Å². The Bertz CT molecular complexity index is 379. The van der Waals surface area contributed by atoms with Crippen molar-refractivity contribution >= 4 is 0 Å². The highest BCUT2D eigenvalue weighted by Gasteiger charge is 2.21. The lowest BCUT2D eigenvalue weighted by Crippen LogP contribution is -2.37. The smallest absolute Gasteiger partial charge is 0.0967 e. The van der Waals surface area contributed by atoms with Crippen molar-refractivity contribution < 1.29 is 0 Å². The Morgan fingerprint density at radius 2 is 2.22 bits per heavy atom. The van der Waals surface area contributed by atoms with E-state index in [-0.39, 0.29) is 5.54 Å². The lowest BCUT2D eigenvalue weighted by Gasteiger charge is -2.31. The zero-order valence-corrected chi connectivity index (χ0v) is 11.8. The molecule has 2 rings (SSSR count). The van der Waals surface area contributed by atoms with Gasteiger partial charge in [-0.25, -0.2) is 4.68 Å². The number of hydrogen-bond acceptors (Lipinski definition) is 4. The Morgan fingerprint density at radius 1 is 1.44 bits per heavy atom. The predicted molar refractivity (Wildman–Crippen MR) is 72.1 cm³/mol. The van der Waals surface area contributed by atoms with Crippen LogP contribution in [-0.4, -0.2) is 39.5 Å². The SMILES string of the molecule is CC(C)(C)n1cc(CN2CCCC(CN)C2)nn1. The molecule has 1 unspecified atom stereocenters. The molecule has 0 spiro atoms. The van der Waals surface area contributed by atoms with Gasteiger partial charge in [0, 0.05) is 13.1 Å². The maximum atomic E-state index is 5.76. The molecule has 1 fully saturated rings. The van der Waals surface area contributed by atoms with Crippen molar-refractivity contribution in [3.8, 4) is 0 Å². The van der Waals surface area contributed by atoms with Crippen molar-refractivity contribution in [3.63, 3.8) is 0 Å². The Kier molecular flexibility index (Phi) is 4.02. The molecule has 1 aliphatic rings. The summed E-state index contributed by atoms with van der Waals surface area (Å²) in [5.74, 6) is 0.649. The number of nitrogens with two attached hydrogens (primary N) is 1. The van der Waals surface area contributed by atoms with E-state index in [1.807, 2.05) is 4.68 Å². The normalized spacial score (nSPS) is 22.3. The van der Waals surface area contributed by atoms with Crippen LogP contribution in [0.4, 0.5) is 0 Å². The molecule has 0 radical (unpaired) electrons. The molecule has 1 aliphatic heterocycles. The third-order valence-corrected chi connectivity index (χ3v) is 3.55. The minimum Gasteiger partial charge on any atom is -0.330 e. The highest BCUT2D eigenvalue weighted by molar-refractivity contribution is 4.95. The number of rotatable bonds is 3. The highest BCUT2D eigenvalue weighted by Crippen LogP contribution is 2.18. The van der Waals surface area contributed by atoms with E-state index >= 15 is 0 Å². The first kappa shape index (κ1) is 13.5. The quantitative estimate of drug-likeness (QED) is 0.877. The zero-order valence-electron chi connectivity index (χ0n) is 11.8. The first-order valence-corrected chi connectivity index (χ1v) is 6.83. The summed E-state index contributed by atoms with van der Waals surface area (Å²) in [6.07, 6.45) is 4.57. The van der Waals surface area contributed by atoms with Gasteiger partial charge in [0.25, 0.3) is 0 Å². The standard InChI is InChI=1S/C13H25N5/c1-13(2,3)18-10-12(15-16-18)9-17-6-4-5-11(7-14)8-17/h10-11H,4-9,14H2,1-3H3. The van der Waals surface area contributed by atoms with E-state index in [4.69, 9.17) is 5.73 Å². The van der Waals surface area contributed by atoms with Crippen LogP contribution in [0.15, 0.2) is 6.20 Å². The fraction of sp³-hybridized carbons (Fsp3) is 0.846. The largest absolute Gasteiger partial charge is 0.330 e. The van der Waals surface area contributed by atoms with Gasteiger partial charge in [0.15, 0.2) is 0 Å². The van der Waals surface area contributed by atoms with E-state index in [0.29, 0.717) is 5.92 Å². The fourth-order valence-electron chi connectivity index (χ4n) is 2.42. The van der Waals surface area contributed by atoms with Gasteiger partial charge in [-0.3, -0.25) is 4.90 Å². The van der Waals surface area contributed by atoms with Crippen molar-refractivity contribution in [2.24, 2.45) is 11.7 Å².